The number of aromatic nitrogens is 6. The maximum absolute atomic E-state index is 10.1. The molecule has 0 bridgehead atoms. The van der Waals surface area contributed by atoms with Gasteiger partial charge in [0.2, 0.25) is 0 Å². The van der Waals surface area contributed by atoms with Crippen LogP contribution in [0.2, 0.25) is 0 Å². The van der Waals surface area contributed by atoms with Crippen molar-refractivity contribution < 1.29 is 10.2 Å². The van der Waals surface area contributed by atoms with Crippen LogP contribution in [0.25, 0.3) is 0 Å². The number of rotatable bonds is 8. The average molecular weight is 491 g/mol. The highest BCUT2D eigenvalue weighted by Crippen LogP contribution is 2.20. The lowest BCUT2D eigenvalue weighted by molar-refractivity contribution is 0.112. The molecule has 2 aromatic carbocycles. The highest BCUT2D eigenvalue weighted by molar-refractivity contribution is 5.22. The van der Waals surface area contributed by atoms with Gasteiger partial charge in [0, 0.05) is 0 Å². The Balaban J connectivity index is 0.000000201. The van der Waals surface area contributed by atoms with Gasteiger partial charge in [-0.1, -0.05) is 87.4 Å². The fraction of sp³-hybridized carbons (Fsp3) is 0.429. The summed E-state index contributed by atoms with van der Waals surface area (Å²) in [5, 5.41) is 28.5. The van der Waals surface area contributed by atoms with Gasteiger partial charge in [-0.15, -0.1) is 0 Å². The number of benzene rings is 2. The molecule has 2 aromatic heterocycles. The van der Waals surface area contributed by atoms with Gasteiger partial charge in [-0.25, -0.2) is 19.3 Å². The molecule has 0 spiro atoms. The molecule has 8 heteroatoms. The zero-order valence-electron chi connectivity index (χ0n) is 22.1. The first-order valence-electron chi connectivity index (χ1n) is 12.4. The van der Waals surface area contributed by atoms with Gasteiger partial charge in [0.15, 0.2) is 11.6 Å². The largest absolute Gasteiger partial charge is 0.385 e. The summed E-state index contributed by atoms with van der Waals surface area (Å²) in [7, 11) is 0. The molecule has 0 aliphatic heterocycles. The average Bonchev–Trinajstić information content (AvgIpc) is 3.51. The van der Waals surface area contributed by atoms with Gasteiger partial charge in [0.05, 0.1) is 13.1 Å². The fourth-order valence-corrected chi connectivity index (χ4v) is 3.58. The molecule has 2 N–H and O–H groups in total. The van der Waals surface area contributed by atoms with Crippen LogP contribution in [0.1, 0.15) is 73.8 Å². The molecule has 0 saturated heterocycles. The molecule has 4 rings (SSSR count). The molecule has 0 amide bonds. The van der Waals surface area contributed by atoms with Crippen molar-refractivity contribution in [2.45, 2.75) is 66.8 Å². The lowest BCUT2D eigenvalue weighted by Crippen LogP contribution is -2.15. The summed E-state index contributed by atoms with van der Waals surface area (Å²) in [5.74, 6) is 1.52. The molecule has 4 aromatic rings. The molecule has 0 fully saturated rings. The Kier molecular flexibility index (Phi) is 9.50. The van der Waals surface area contributed by atoms with Crippen molar-refractivity contribution in [3.05, 3.63) is 95.1 Å². The molecule has 0 radical (unpaired) electrons. The Labute approximate surface area is 213 Å². The molecule has 0 saturated carbocycles. The quantitative estimate of drug-likeness (QED) is 0.373. The Morgan fingerprint density at radius 2 is 0.944 bits per heavy atom. The first-order valence-corrected chi connectivity index (χ1v) is 12.4. The minimum absolute atomic E-state index is 0.131. The smallest absolute Gasteiger partial charge is 0.156 e. The molecular formula is C28H38N6O2. The third-order valence-corrected chi connectivity index (χ3v) is 5.99. The van der Waals surface area contributed by atoms with E-state index in [0.29, 0.717) is 24.7 Å². The number of aliphatic hydroxyl groups is 2. The zero-order valence-corrected chi connectivity index (χ0v) is 22.1. The highest BCUT2D eigenvalue weighted by atomic mass is 16.3. The van der Waals surface area contributed by atoms with E-state index in [0.717, 1.165) is 11.1 Å². The SMILES string of the molecule is Cc1ccc(Cn2ncnc2C(O)C(C)C)cc1.Cc1ccc(Cn2ncnc2C(O)C(C)C)cc1. The van der Waals surface area contributed by atoms with E-state index in [9.17, 15) is 10.2 Å². The van der Waals surface area contributed by atoms with E-state index in [1.165, 1.54) is 23.8 Å². The molecular weight excluding hydrogens is 452 g/mol. The van der Waals surface area contributed by atoms with E-state index < -0.39 is 12.2 Å². The number of hydrogen-bond acceptors (Lipinski definition) is 6. The van der Waals surface area contributed by atoms with Crippen molar-refractivity contribution in [3.8, 4) is 0 Å². The van der Waals surface area contributed by atoms with Crippen molar-refractivity contribution in [1.29, 1.82) is 0 Å². The molecule has 0 aliphatic carbocycles. The zero-order chi connectivity index (χ0) is 26.2. The van der Waals surface area contributed by atoms with Gasteiger partial charge in [0.25, 0.3) is 0 Å². The van der Waals surface area contributed by atoms with Crippen molar-refractivity contribution in [2.75, 3.05) is 0 Å². The predicted molar refractivity (Wildman–Crippen MR) is 140 cm³/mol. The van der Waals surface area contributed by atoms with Crippen molar-refractivity contribution >= 4 is 0 Å². The van der Waals surface area contributed by atoms with Crippen LogP contribution in [0.5, 0.6) is 0 Å². The van der Waals surface area contributed by atoms with E-state index in [1.54, 1.807) is 9.36 Å². The van der Waals surface area contributed by atoms with Gasteiger partial charge in [0.1, 0.15) is 24.9 Å². The van der Waals surface area contributed by atoms with Gasteiger partial charge in [-0.2, -0.15) is 10.2 Å². The Morgan fingerprint density at radius 3 is 1.25 bits per heavy atom. The van der Waals surface area contributed by atoms with Crippen LogP contribution >= 0.6 is 0 Å². The molecule has 2 heterocycles. The van der Waals surface area contributed by atoms with E-state index in [-0.39, 0.29) is 11.8 Å². The van der Waals surface area contributed by atoms with Gasteiger partial charge >= 0.3 is 0 Å². The van der Waals surface area contributed by atoms with Crippen LogP contribution in [0.15, 0.2) is 61.2 Å². The third kappa shape index (κ3) is 7.32. The highest BCUT2D eigenvalue weighted by Gasteiger charge is 2.19. The first-order chi connectivity index (χ1) is 17.2. The van der Waals surface area contributed by atoms with Crippen LogP contribution in [0.3, 0.4) is 0 Å². The summed E-state index contributed by atoms with van der Waals surface area (Å²) >= 11 is 0. The van der Waals surface area contributed by atoms with E-state index in [4.69, 9.17) is 0 Å². The molecule has 36 heavy (non-hydrogen) atoms. The summed E-state index contributed by atoms with van der Waals surface area (Å²) in [5.41, 5.74) is 4.78. The maximum Gasteiger partial charge on any atom is 0.156 e. The van der Waals surface area contributed by atoms with Gasteiger partial charge < -0.3 is 10.2 Å². The Morgan fingerprint density at radius 1 is 0.611 bits per heavy atom. The monoisotopic (exact) mass is 490 g/mol. The summed E-state index contributed by atoms with van der Waals surface area (Å²) < 4.78 is 3.52. The lowest BCUT2D eigenvalue weighted by atomic mass is 10.1. The van der Waals surface area contributed by atoms with Crippen molar-refractivity contribution in [1.82, 2.24) is 29.5 Å². The number of aryl methyl sites for hydroxylation is 2. The number of hydrogen-bond donors (Lipinski definition) is 2. The summed E-state index contributed by atoms with van der Waals surface area (Å²) in [4.78, 5) is 8.31. The summed E-state index contributed by atoms with van der Waals surface area (Å²) in [6.07, 6.45) is 1.85. The van der Waals surface area contributed by atoms with E-state index in [1.807, 2.05) is 27.7 Å². The summed E-state index contributed by atoms with van der Waals surface area (Å²) in [6.45, 7) is 13.3. The van der Waals surface area contributed by atoms with Gasteiger partial charge in [-0.3, -0.25) is 0 Å². The fourth-order valence-electron chi connectivity index (χ4n) is 3.58. The van der Waals surface area contributed by atoms with Crippen LogP contribution < -0.4 is 0 Å². The second kappa shape index (κ2) is 12.6. The molecule has 0 aliphatic rings. The van der Waals surface area contributed by atoms with Crippen LogP contribution in [0, 0.1) is 25.7 Å². The standard InChI is InChI=1S/2C14H19N3O/c2*1-10(2)13(18)14-15-9-16-17(14)8-12-6-4-11(3)5-7-12/h2*4-7,9-10,13,18H,8H2,1-3H3. The minimum atomic E-state index is -0.571. The summed E-state index contributed by atoms with van der Waals surface area (Å²) in [6, 6.07) is 16.6. The Hall–Kier alpha value is -3.36. The number of aliphatic hydroxyl groups excluding tert-OH is 2. The van der Waals surface area contributed by atoms with Crippen molar-refractivity contribution in [2.24, 2.45) is 11.8 Å². The second-order valence-electron chi connectivity index (χ2n) is 9.90. The Bertz CT molecular complexity index is 1100. The molecule has 192 valence electrons. The van der Waals surface area contributed by atoms with Gasteiger partial charge in [-0.05, 0) is 36.8 Å². The van der Waals surface area contributed by atoms with E-state index >= 15 is 0 Å². The van der Waals surface area contributed by atoms with Crippen LogP contribution in [0.4, 0.5) is 0 Å². The second-order valence-corrected chi connectivity index (χ2v) is 9.90. The van der Waals surface area contributed by atoms with Crippen molar-refractivity contribution in [3.63, 3.8) is 0 Å². The first kappa shape index (κ1) is 27.2. The molecule has 8 nitrogen and oxygen atoms in total. The predicted octanol–water partition coefficient (Wildman–Crippen LogP) is 4.65. The maximum atomic E-state index is 10.1. The third-order valence-electron chi connectivity index (χ3n) is 5.99. The van der Waals surface area contributed by atoms with E-state index in [2.05, 4.69) is 82.5 Å². The molecule has 2 unspecified atom stereocenters. The van der Waals surface area contributed by atoms with Crippen LogP contribution in [-0.4, -0.2) is 39.7 Å². The van der Waals surface area contributed by atoms with Crippen LogP contribution in [-0.2, 0) is 13.1 Å². The normalized spacial score (nSPS) is 12.9. The lowest BCUT2D eigenvalue weighted by Gasteiger charge is -2.15. The number of nitrogens with zero attached hydrogens (tertiary/aromatic N) is 6. The topological polar surface area (TPSA) is 102 Å². The molecule has 2 atom stereocenters. The minimum Gasteiger partial charge on any atom is -0.385 e.